The zero-order valence-electron chi connectivity index (χ0n) is 17.2. The first kappa shape index (κ1) is 23.0. The number of carbonyl (C=O) groups is 3. The average molecular weight is 411 g/mol. The van der Waals surface area contributed by atoms with E-state index >= 15 is 0 Å². The molecule has 1 fully saturated rings. The van der Waals surface area contributed by atoms with Gasteiger partial charge in [0.25, 0.3) is 17.7 Å². The van der Waals surface area contributed by atoms with Gasteiger partial charge in [-0.1, -0.05) is 11.8 Å². The molecule has 1 aromatic rings. The summed E-state index contributed by atoms with van der Waals surface area (Å²) in [5, 5.41) is 20.3. The number of hydroxylamine groups is 1. The number of nitrogens with one attached hydrogen (secondary N) is 2. The topological polar surface area (TPSA) is 119 Å². The number of nitrogens with zero attached hydrogens (tertiary/aromatic N) is 1. The Bertz CT molecular complexity index is 911. The van der Waals surface area contributed by atoms with Crippen molar-refractivity contribution >= 4 is 17.7 Å². The second-order valence-electron chi connectivity index (χ2n) is 7.27. The molecule has 0 aliphatic heterocycles. The first-order valence-electron chi connectivity index (χ1n) is 9.45. The van der Waals surface area contributed by atoms with Crippen LogP contribution in [0.5, 0.6) is 0 Å². The zero-order chi connectivity index (χ0) is 22.3. The fourth-order valence-corrected chi connectivity index (χ4v) is 3.10. The van der Waals surface area contributed by atoms with E-state index in [1.54, 1.807) is 12.1 Å². The molecule has 30 heavy (non-hydrogen) atoms. The van der Waals surface area contributed by atoms with Crippen LogP contribution in [-0.2, 0) is 9.59 Å². The molecule has 8 heteroatoms. The van der Waals surface area contributed by atoms with Crippen LogP contribution in [0.25, 0.3) is 0 Å². The molecule has 1 aliphatic rings. The average Bonchev–Trinajstić information content (AvgIpc) is 2.75. The van der Waals surface area contributed by atoms with Gasteiger partial charge < -0.3 is 15.3 Å². The number of hydrogen-bond acceptors (Lipinski definition) is 5. The molecular weight excluding hydrogens is 386 g/mol. The highest BCUT2D eigenvalue weighted by Crippen LogP contribution is 2.32. The highest BCUT2D eigenvalue weighted by molar-refractivity contribution is 6.12. The van der Waals surface area contributed by atoms with Crippen molar-refractivity contribution in [2.24, 2.45) is 11.8 Å². The number of aliphatic hydroxyl groups is 1. The molecule has 3 amide bonds. The van der Waals surface area contributed by atoms with E-state index in [9.17, 15) is 14.4 Å². The van der Waals surface area contributed by atoms with E-state index < -0.39 is 23.3 Å². The minimum Gasteiger partial charge on any atom is -0.396 e. The first-order valence-corrected chi connectivity index (χ1v) is 9.45. The number of amides is 3. The standard InChI is InChI=1S/C22H25N3O5/c1-22(20(28)23-2,21(29)24-30)25(3)19(27)18-10-8-15(9-11-18)6-4-5-7-16-12-17(13-16)14-26/h8-11,16-17,26,30H,12-14H2,1-3H3,(H,23,28)(H,24,29). The van der Waals surface area contributed by atoms with Crippen molar-refractivity contribution in [1.82, 2.24) is 15.7 Å². The zero-order valence-corrected chi connectivity index (χ0v) is 17.2. The summed E-state index contributed by atoms with van der Waals surface area (Å²) in [5.41, 5.74) is 0.401. The van der Waals surface area contributed by atoms with E-state index in [1.807, 2.05) is 0 Å². The summed E-state index contributed by atoms with van der Waals surface area (Å²) in [6.45, 7) is 1.44. The van der Waals surface area contributed by atoms with Gasteiger partial charge in [0.15, 0.2) is 5.54 Å². The summed E-state index contributed by atoms with van der Waals surface area (Å²) < 4.78 is 0. The Morgan fingerprint density at radius 2 is 1.80 bits per heavy atom. The number of benzene rings is 1. The third-order valence-electron chi connectivity index (χ3n) is 5.36. The van der Waals surface area contributed by atoms with Crippen LogP contribution in [0.3, 0.4) is 0 Å². The molecule has 0 spiro atoms. The molecule has 1 aromatic carbocycles. The van der Waals surface area contributed by atoms with E-state index in [0.29, 0.717) is 11.5 Å². The number of aliphatic hydroxyl groups excluding tert-OH is 1. The third-order valence-corrected chi connectivity index (χ3v) is 5.36. The predicted molar refractivity (Wildman–Crippen MR) is 109 cm³/mol. The van der Waals surface area contributed by atoms with Gasteiger partial charge in [0.2, 0.25) is 0 Å². The van der Waals surface area contributed by atoms with Gasteiger partial charge in [-0.25, -0.2) is 5.48 Å². The van der Waals surface area contributed by atoms with E-state index in [1.165, 1.54) is 38.6 Å². The molecule has 1 saturated carbocycles. The van der Waals surface area contributed by atoms with Crippen LogP contribution >= 0.6 is 0 Å². The van der Waals surface area contributed by atoms with Gasteiger partial charge in [-0.15, -0.1) is 0 Å². The van der Waals surface area contributed by atoms with Crippen LogP contribution in [-0.4, -0.2) is 59.2 Å². The number of hydrogen-bond donors (Lipinski definition) is 4. The van der Waals surface area contributed by atoms with Gasteiger partial charge >= 0.3 is 0 Å². The molecular formula is C22H25N3O5. The van der Waals surface area contributed by atoms with Crippen LogP contribution in [0.4, 0.5) is 0 Å². The Labute approximate surface area is 175 Å². The highest BCUT2D eigenvalue weighted by Gasteiger charge is 2.47. The normalized spacial score (nSPS) is 18.8. The Morgan fingerprint density at radius 1 is 1.17 bits per heavy atom. The quantitative estimate of drug-likeness (QED) is 0.238. The molecule has 0 saturated heterocycles. The lowest BCUT2D eigenvalue weighted by molar-refractivity contribution is -0.148. The lowest BCUT2D eigenvalue weighted by atomic mass is 9.76. The maximum Gasteiger partial charge on any atom is 0.278 e. The van der Waals surface area contributed by atoms with Crippen LogP contribution < -0.4 is 10.8 Å². The Morgan fingerprint density at radius 3 is 2.33 bits per heavy atom. The molecule has 1 unspecified atom stereocenters. The van der Waals surface area contributed by atoms with Crippen molar-refractivity contribution in [3.05, 3.63) is 35.4 Å². The van der Waals surface area contributed by atoms with Crippen molar-refractivity contribution < 1.29 is 24.7 Å². The molecule has 158 valence electrons. The van der Waals surface area contributed by atoms with Gasteiger partial charge in [-0.2, -0.15) is 0 Å². The fraction of sp³-hybridized carbons (Fsp3) is 0.409. The van der Waals surface area contributed by atoms with Gasteiger partial charge in [0.05, 0.1) is 0 Å². The second kappa shape index (κ2) is 9.93. The second-order valence-corrected chi connectivity index (χ2v) is 7.27. The smallest absolute Gasteiger partial charge is 0.278 e. The number of likely N-dealkylation sites (N-methyl/N-ethyl adjacent to an activating group) is 2. The molecule has 0 heterocycles. The monoisotopic (exact) mass is 411 g/mol. The van der Waals surface area contributed by atoms with E-state index in [4.69, 9.17) is 10.3 Å². The maximum atomic E-state index is 12.8. The summed E-state index contributed by atoms with van der Waals surface area (Å²) in [7, 11) is 2.63. The Hall–Kier alpha value is -3.33. The summed E-state index contributed by atoms with van der Waals surface area (Å²) in [6, 6.07) is 6.36. The van der Waals surface area contributed by atoms with Crippen molar-refractivity contribution in [3.8, 4) is 23.7 Å². The van der Waals surface area contributed by atoms with Gasteiger partial charge in [-0.05, 0) is 61.8 Å². The van der Waals surface area contributed by atoms with Crippen LogP contribution in [0.1, 0.15) is 35.7 Å². The van der Waals surface area contributed by atoms with Crippen molar-refractivity contribution in [1.29, 1.82) is 0 Å². The summed E-state index contributed by atoms with van der Waals surface area (Å²) in [4.78, 5) is 38.0. The number of rotatable bonds is 5. The lowest BCUT2D eigenvalue weighted by Crippen LogP contribution is -2.64. The Balaban J connectivity index is 2.09. The molecule has 1 aliphatic carbocycles. The molecule has 8 nitrogen and oxygen atoms in total. The van der Waals surface area contributed by atoms with Gasteiger partial charge in [-0.3, -0.25) is 19.6 Å². The van der Waals surface area contributed by atoms with Gasteiger partial charge in [0.1, 0.15) is 0 Å². The third kappa shape index (κ3) is 4.80. The van der Waals surface area contributed by atoms with Crippen molar-refractivity contribution in [2.45, 2.75) is 25.3 Å². The largest absolute Gasteiger partial charge is 0.396 e. The van der Waals surface area contributed by atoms with Crippen molar-refractivity contribution in [2.75, 3.05) is 20.7 Å². The molecule has 2 rings (SSSR count). The number of carbonyl (C=O) groups excluding carboxylic acids is 3. The molecule has 1 atom stereocenters. The summed E-state index contributed by atoms with van der Waals surface area (Å²) >= 11 is 0. The predicted octanol–water partition coefficient (Wildman–Crippen LogP) is 0.142. The van der Waals surface area contributed by atoms with E-state index in [2.05, 4.69) is 29.0 Å². The van der Waals surface area contributed by atoms with Crippen LogP contribution in [0.2, 0.25) is 0 Å². The molecule has 0 bridgehead atoms. The van der Waals surface area contributed by atoms with Gasteiger partial charge in [0, 0.05) is 37.7 Å². The van der Waals surface area contributed by atoms with E-state index in [0.717, 1.165) is 17.7 Å². The molecule has 0 aromatic heterocycles. The van der Waals surface area contributed by atoms with E-state index in [-0.39, 0.29) is 18.1 Å². The van der Waals surface area contributed by atoms with Crippen molar-refractivity contribution in [3.63, 3.8) is 0 Å². The Kier molecular flexibility index (Phi) is 7.60. The maximum absolute atomic E-state index is 12.8. The SMILES string of the molecule is CNC(=O)C(C)(C(=O)NO)N(C)C(=O)c1ccc(C#CC#CC2CC(CO)C2)cc1. The lowest BCUT2D eigenvalue weighted by Gasteiger charge is -2.34. The molecule has 4 N–H and O–H groups in total. The fourth-order valence-electron chi connectivity index (χ4n) is 3.10. The summed E-state index contributed by atoms with van der Waals surface area (Å²) in [6.07, 6.45) is 1.80. The molecule has 0 radical (unpaired) electrons. The highest BCUT2D eigenvalue weighted by atomic mass is 16.5. The van der Waals surface area contributed by atoms with Crippen LogP contribution in [0, 0.1) is 35.5 Å². The first-order chi connectivity index (χ1) is 14.3. The van der Waals surface area contributed by atoms with Crippen LogP contribution in [0.15, 0.2) is 24.3 Å². The summed E-state index contributed by atoms with van der Waals surface area (Å²) in [5.74, 6) is 9.82. The minimum atomic E-state index is -1.94. The minimum absolute atomic E-state index is 0.205.